The van der Waals surface area contributed by atoms with E-state index in [1.165, 1.54) is 0 Å². The van der Waals surface area contributed by atoms with Crippen LogP contribution in [0.5, 0.6) is 0 Å². The summed E-state index contributed by atoms with van der Waals surface area (Å²) in [7, 11) is 0. The number of halogens is 1. The molecule has 2 aromatic rings. The lowest BCUT2D eigenvalue weighted by molar-refractivity contribution is 0.0969. The predicted molar refractivity (Wildman–Crippen MR) is 63.1 cm³/mol. The van der Waals surface area contributed by atoms with Crippen LogP contribution in [0.15, 0.2) is 28.9 Å². The Kier molecular flexibility index (Phi) is 1.96. The zero-order valence-electron chi connectivity index (χ0n) is 8.09. The highest BCUT2D eigenvalue weighted by Crippen LogP contribution is 2.35. The van der Waals surface area contributed by atoms with E-state index in [9.17, 15) is 4.79 Å². The molecule has 2 nitrogen and oxygen atoms in total. The van der Waals surface area contributed by atoms with Gasteiger partial charge >= 0.3 is 0 Å². The molecule has 1 fully saturated rings. The van der Waals surface area contributed by atoms with Crippen LogP contribution in [0.4, 0.5) is 0 Å². The van der Waals surface area contributed by atoms with Gasteiger partial charge in [-0.1, -0.05) is 15.9 Å². The molecule has 1 heterocycles. The molecule has 0 radical (unpaired) electrons. The lowest BCUT2D eigenvalue weighted by atomic mass is 10.1. The third-order valence-electron chi connectivity index (χ3n) is 2.86. The second-order valence-corrected chi connectivity index (χ2v) is 4.95. The number of aromatic amines is 1. The zero-order valence-corrected chi connectivity index (χ0v) is 9.67. The normalized spacial score (nSPS) is 15.8. The first-order chi connectivity index (χ1) is 7.25. The molecule has 1 aliphatic rings. The van der Waals surface area contributed by atoms with Gasteiger partial charge in [0, 0.05) is 33.1 Å². The minimum atomic E-state index is 0.281. The Balaban J connectivity index is 2.17. The number of ketones is 1. The maximum absolute atomic E-state index is 12.0. The van der Waals surface area contributed by atoms with E-state index in [-0.39, 0.29) is 5.92 Å². The van der Waals surface area contributed by atoms with Crippen LogP contribution in [0, 0.1) is 5.92 Å². The summed E-state index contributed by atoms with van der Waals surface area (Å²) in [5.74, 6) is 0.572. The first-order valence-electron chi connectivity index (χ1n) is 5.06. The maximum atomic E-state index is 12.0. The number of hydrogen-bond acceptors (Lipinski definition) is 1. The molecule has 1 aromatic carbocycles. The molecule has 0 aliphatic heterocycles. The fraction of sp³-hybridized carbons (Fsp3) is 0.250. The second-order valence-electron chi connectivity index (χ2n) is 4.03. The Labute approximate surface area is 95.8 Å². The summed E-state index contributed by atoms with van der Waals surface area (Å²) in [6, 6.07) is 5.97. The number of H-pyrrole nitrogens is 1. The SMILES string of the molecule is O=C(c1c[nH]c2ccc(Br)cc12)C1CC1. The molecule has 3 rings (SSSR count). The van der Waals surface area contributed by atoms with Gasteiger partial charge in [-0.2, -0.15) is 0 Å². The van der Waals surface area contributed by atoms with E-state index in [0.717, 1.165) is 33.8 Å². The van der Waals surface area contributed by atoms with Crippen LogP contribution in [0.1, 0.15) is 23.2 Å². The number of carbonyl (C=O) groups is 1. The largest absolute Gasteiger partial charge is 0.360 e. The van der Waals surface area contributed by atoms with Crippen LogP contribution in [0.3, 0.4) is 0 Å². The fourth-order valence-electron chi connectivity index (χ4n) is 1.86. The van der Waals surface area contributed by atoms with Crippen LogP contribution in [0.2, 0.25) is 0 Å². The van der Waals surface area contributed by atoms with Crippen LogP contribution in [-0.2, 0) is 0 Å². The van der Waals surface area contributed by atoms with Crippen molar-refractivity contribution in [3.63, 3.8) is 0 Å². The Hall–Kier alpha value is -1.09. The topological polar surface area (TPSA) is 32.9 Å². The van der Waals surface area contributed by atoms with E-state index in [2.05, 4.69) is 20.9 Å². The highest BCUT2D eigenvalue weighted by molar-refractivity contribution is 9.10. The number of Topliss-reactive ketones (excluding diaryl/α,β-unsaturated/α-hetero) is 1. The van der Waals surface area contributed by atoms with Gasteiger partial charge in [-0.3, -0.25) is 4.79 Å². The van der Waals surface area contributed by atoms with Crippen molar-refractivity contribution >= 4 is 32.6 Å². The van der Waals surface area contributed by atoms with E-state index < -0.39 is 0 Å². The Bertz CT molecular complexity index is 540. The quantitative estimate of drug-likeness (QED) is 0.827. The molecule has 3 heteroatoms. The number of nitrogens with one attached hydrogen (secondary N) is 1. The van der Waals surface area contributed by atoms with Crippen LogP contribution < -0.4 is 0 Å². The monoisotopic (exact) mass is 263 g/mol. The molecule has 1 N–H and O–H groups in total. The van der Waals surface area contributed by atoms with E-state index in [0.29, 0.717) is 5.78 Å². The zero-order chi connectivity index (χ0) is 10.4. The molecule has 0 bridgehead atoms. The average molecular weight is 264 g/mol. The molecule has 0 saturated heterocycles. The lowest BCUT2D eigenvalue weighted by Gasteiger charge is -1.96. The minimum Gasteiger partial charge on any atom is -0.360 e. The molecule has 0 unspecified atom stereocenters. The number of aromatic nitrogens is 1. The van der Waals surface area contributed by atoms with Crippen molar-refractivity contribution in [1.29, 1.82) is 0 Å². The summed E-state index contributed by atoms with van der Waals surface area (Å²) in [4.78, 5) is 15.1. The number of hydrogen-bond donors (Lipinski definition) is 1. The third kappa shape index (κ3) is 1.51. The lowest BCUT2D eigenvalue weighted by Crippen LogP contribution is -1.99. The maximum Gasteiger partial charge on any atom is 0.168 e. The fourth-order valence-corrected chi connectivity index (χ4v) is 2.22. The molecule has 76 valence electrons. The van der Waals surface area contributed by atoms with Gasteiger partial charge in [-0.25, -0.2) is 0 Å². The molecular weight excluding hydrogens is 254 g/mol. The first-order valence-corrected chi connectivity index (χ1v) is 5.86. The predicted octanol–water partition coefficient (Wildman–Crippen LogP) is 3.52. The third-order valence-corrected chi connectivity index (χ3v) is 3.35. The van der Waals surface area contributed by atoms with E-state index in [4.69, 9.17) is 0 Å². The number of carbonyl (C=O) groups excluding carboxylic acids is 1. The van der Waals surface area contributed by atoms with E-state index in [1.54, 1.807) is 0 Å². The molecule has 0 amide bonds. The van der Waals surface area contributed by atoms with Crippen LogP contribution in [0.25, 0.3) is 10.9 Å². The summed E-state index contributed by atoms with van der Waals surface area (Å²) < 4.78 is 1.01. The van der Waals surface area contributed by atoms with Gasteiger partial charge in [0.1, 0.15) is 0 Å². The summed E-state index contributed by atoms with van der Waals surface area (Å²) in [5.41, 5.74) is 1.87. The van der Waals surface area contributed by atoms with Crippen LogP contribution >= 0.6 is 15.9 Å². The van der Waals surface area contributed by atoms with Crippen molar-refractivity contribution in [3.05, 3.63) is 34.4 Å². The minimum absolute atomic E-state index is 0.281. The molecule has 1 aliphatic carbocycles. The summed E-state index contributed by atoms with van der Waals surface area (Å²) >= 11 is 3.43. The summed E-state index contributed by atoms with van der Waals surface area (Å²) in [6.07, 6.45) is 3.94. The molecule has 1 aromatic heterocycles. The van der Waals surface area contributed by atoms with Gasteiger partial charge in [0.15, 0.2) is 5.78 Å². The molecule has 0 spiro atoms. The standard InChI is InChI=1S/C12H10BrNO/c13-8-3-4-11-9(5-8)10(6-14-11)12(15)7-1-2-7/h3-7,14H,1-2H2. The second kappa shape index (κ2) is 3.20. The molecule has 1 saturated carbocycles. The smallest absolute Gasteiger partial charge is 0.168 e. The van der Waals surface area contributed by atoms with Crippen molar-refractivity contribution in [3.8, 4) is 0 Å². The van der Waals surface area contributed by atoms with Crippen molar-refractivity contribution in [2.45, 2.75) is 12.8 Å². The van der Waals surface area contributed by atoms with Crippen molar-refractivity contribution in [2.75, 3.05) is 0 Å². The average Bonchev–Trinajstić information content (AvgIpc) is 2.98. The Morgan fingerprint density at radius 3 is 2.93 bits per heavy atom. The van der Waals surface area contributed by atoms with Gasteiger partial charge in [0.25, 0.3) is 0 Å². The summed E-state index contributed by atoms with van der Waals surface area (Å²) in [6.45, 7) is 0. The van der Waals surface area contributed by atoms with Gasteiger partial charge in [-0.05, 0) is 31.0 Å². The van der Waals surface area contributed by atoms with Gasteiger partial charge < -0.3 is 4.98 Å². The van der Waals surface area contributed by atoms with Crippen molar-refractivity contribution < 1.29 is 4.79 Å². The molecular formula is C12H10BrNO. The highest BCUT2D eigenvalue weighted by atomic mass is 79.9. The van der Waals surface area contributed by atoms with Crippen molar-refractivity contribution in [2.24, 2.45) is 5.92 Å². The van der Waals surface area contributed by atoms with E-state index in [1.807, 2.05) is 24.4 Å². The van der Waals surface area contributed by atoms with Gasteiger partial charge in [0.05, 0.1) is 0 Å². The molecule has 15 heavy (non-hydrogen) atoms. The number of fused-ring (bicyclic) bond motifs is 1. The number of rotatable bonds is 2. The Morgan fingerprint density at radius 1 is 1.40 bits per heavy atom. The highest BCUT2D eigenvalue weighted by Gasteiger charge is 2.31. The van der Waals surface area contributed by atoms with Gasteiger partial charge in [-0.15, -0.1) is 0 Å². The first kappa shape index (κ1) is 9.16. The van der Waals surface area contributed by atoms with Crippen LogP contribution in [-0.4, -0.2) is 10.8 Å². The van der Waals surface area contributed by atoms with Gasteiger partial charge in [0.2, 0.25) is 0 Å². The summed E-state index contributed by atoms with van der Waals surface area (Å²) in [5, 5.41) is 1.03. The van der Waals surface area contributed by atoms with Crippen molar-refractivity contribution in [1.82, 2.24) is 4.98 Å². The number of benzene rings is 1. The Morgan fingerprint density at radius 2 is 2.20 bits per heavy atom. The van der Waals surface area contributed by atoms with E-state index >= 15 is 0 Å². The molecule has 0 atom stereocenters.